The molecule has 0 amide bonds. The van der Waals surface area contributed by atoms with Crippen molar-refractivity contribution >= 4 is 11.6 Å². The van der Waals surface area contributed by atoms with Gasteiger partial charge in [-0.25, -0.2) is 4.98 Å². The molecule has 0 spiro atoms. The Kier molecular flexibility index (Phi) is 4.83. The van der Waals surface area contributed by atoms with E-state index < -0.39 is 0 Å². The average Bonchev–Trinajstić information content (AvgIpc) is 2.30. The summed E-state index contributed by atoms with van der Waals surface area (Å²) in [6.45, 7) is 3.93. The van der Waals surface area contributed by atoms with Crippen molar-refractivity contribution in [3.05, 3.63) is 12.4 Å². The second kappa shape index (κ2) is 6.19. The van der Waals surface area contributed by atoms with E-state index in [2.05, 4.69) is 27.1 Å². The predicted octanol–water partition coefficient (Wildman–Crippen LogP) is 0.727. The highest BCUT2D eigenvalue weighted by molar-refractivity contribution is 5.43. The molecule has 1 aromatic heterocycles. The Bertz CT molecular complexity index is 293. The molecule has 84 valence electrons. The summed E-state index contributed by atoms with van der Waals surface area (Å²) < 4.78 is 0. The molecule has 5 nitrogen and oxygen atoms in total. The van der Waals surface area contributed by atoms with Crippen molar-refractivity contribution in [2.45, 2.75) is 13.3 Å². The molecular formula is C10H18N4O. The fraction of sp³-hybridized carbons (Fsp3) is 0.600. The van der Waals surface area contributed by atoms with E-state index in [1.165, 1.54) is 0 Å². The van der Waals surface area contributed by atoms with Crippen molar-refractivity contribution in [1.29, 1.82) is 0 Å². The number of hydrogen-bond acceptors (Lipinski definition) is 5. The van der Waals surface area contributed by atoms with E-state index in [1.54, 1.807) is 12.4 Å². The Morgan fingerprint density at radius 1 is 1.47 bits per heavy atom. The Morgan fingerprint density at radius 3 is 2.87 bits per heavy atom. The standard InChI is InChI=1S/C10H18N4O/c1-3-14(5-4-6-15)10-8-12-7-9(11-2)13-10/h7-8,15H,3-6H2,1-2H3,(H,11,13). The molecule has 0 saturated heterocycles. The van der Waals surface area contributed by atoms with Gasteiger partial charge in [-0.05, 0) is 13.3 Å². The maximum atomic E-state index is 8.78. The zero-order valence-corrected chi connectivity index (χ0v) is 9.27. The molecule has 0 aliphatic rings. The van der Waals surface area contributed by atoms with E-state index in [-0.39, 0.29) is 6.61 Å². The zero-order valence-electron chi connectivity index (χ0n) is 9.27. The summed E-state index contributed by atoms with van der Waals surface area (Å²) in [5, 5.41) is 11.7. The van der Waals surface area contributed by atoms with E-state index in [4.69, 9.17) is 5.11 Å². The van der Waals surface area contributed by atoms with E-state index in [0.717, 1.165) is 31.1 Å². The Balaban J connectivity index is 2.72. The summed E-state index contributed by atoms with van der Waals surface area (Å²) in [6.07, 6.45) is 4.17. The van der Waals surface area contributed by atoms with E-state index in [0.29, 0.717) is 0 Å². The third-order valence-electron chi connectivity index (χ3n) is 2.17. The van der Waals surface area contributed by atoms with Crippen molar-refractivity contribution in [3.8, 4) is 0 Å². The van der Waals surface area contributed by atoms with Crippen molar-refractivity contribution in [3.63, 3.8) is 0 Å². The molecule has 0 saturated carbocycles. The highest BCUT2D eigenvalue weighted by Gasteiger charge is 2.05. The van der Waals surface area contributed by atoms with Gasteiger partial charge in [0.15, 0.2) is 0 Å². The van der Waals surface area contributed by atoms with E-state index >= 15 is 0 Å². The van der Waals surface area contributed by atoms with Crippen LogP contribution in [0.15, 0.2) is 12.4 Å². The van der Waals surface area contributed by atoms with Gasteiger partial charge in [0, 0.05) is 26.7 Å². The van der Waals surface area contributed by atoms with Crippen LogP contribution < -0.4 is 10.2 Å². The van der Waals surface area contributed by atoms with Crippen molar-refractivity contribution < 1.29 is 5.11 Å². The Labute approximate surface area is 90.2 Å². The fourth-order valence-corrected chi connectivity index (χ4v) is 1.32. The maximum absolute atomic E-state index is 8.78. The summed E-state index contributed by atoms with van der Waals surface area (Å²) in [5.41, 5.74) is 0. The van der Waals surface area contributed by atoms with Crippen LogP contribution in [0.3, 0.4) is 0 Å². The van der Waals surface area contributed by atoms with Gasteiger partial charge in [-0.1, -0.05) is 0 Å². The van der Waals surface area contributed by atoms with Gasteiger partial charge < -0.3 is 15.3 Å². The first kappa shape index (κ1) is 11.7. The molecule has 1 heterocycles. The first-order chi connectivity index (χ1) is 7.31. The lowest BCUT2D eigenvalue weighted by molar-refractivity contribution is 0.289. The highest BCUT2D eigenvalue weighted by atomic mass is 16.3. The number of nitrogens with one attached hydrogen (secondary N) is 1. The second-order valence-electron chi connectivity index (χ2n) is 3.17. The smallest absolute Gasteiger partial charge is 0.149 e. The van der Waals surface area contributed by atoms with Gasteiger partial charge in [0.2, 0.25) is 0 Å². The number of aliphatic hydroxyl groups excluding tert-OH is 1. The molecule has 0 unspecified atom stereocenters. The molecule has 1 aromatic rings. The third kappa shape index (κ3) is 3.36. The number of anilines is 2. The molecule has 1 rings (SSSR count). The lowest BCUT2D eigenvalue weighted by Crippen LogP contribution is -2.25. The maximum Gasteiger partial charge on any atom is 0.149 e. The van der Waals surface area contributed by atoms with Crippen LogP contribution in [-0.2, 0) is 0 Å². The predicted molar refractivity (Wildman–Crippen MR) is 61.2 cm³/mol. The average molecular weight is 210 g/mol. The number of hydrogen-bond donors (Lipinski definition) is 2. The quantitative estimate of drug-likeness (QED) is 0.724. The Hall–Kier alpha value is -1.36. The second-order valence-corrected chi connectivity index (χ2v) is 3.17. The number of aromatic nitrogens is 2. The van der Waals surface area contributed by atoms with Crippen LogP contribution in [0.2, 0.25) is 0 Å². The summed E-state index contributed by atoms with van der Waals surface area (Å²) in [4.78, 5) is 10.6. The van der Waals surface area contributed by atoms with Crippen molar-refractivity contribution in [2.24, 2.45) is 0 Å². The van der Waals surface area contributed by atoms with Crippen molar-refractivity contribution in [1.82, 2.24) is 9.97 Å². The van der Waals surface area contributed by atoms with Crippen molar-refractivity contribution in [2.75, 3.05) is 37.0 Å². The molecule has 2 N–H and O–H groups in total. The van der Waals surface area contributed by atoms with Gasteiger partial charge in [-0.2, -0.15) is 0 Å². The summed E-state index contributed by atoms with van der Waals surface area (Å²) in [6, 6.07) is 0. The minimum absolute atomic E-state index is 0.204. The van der Waals surface area contributed by atoms with Crippen LogP contribution in [0.25, 0.3) is 0 Å². The molecule has 0 bridgehead atoms. The highest BCUT2D eigenvalue weighted by Crippen LogP contribution is 2.11. The van der Waals surface area contributed by atoms with E-state index in [1.807, 2.05) is 7.05 Å². The molecule has 15 heavy (non-hydrogen) atoms. The molecule has 0 aromatic carbocycles. The minimum Gasteiger partial charge on any atom is -0.396 e. The fourth-order valence-electron chi connectivity index (χ4n) is 1.32. The topological polar surface area (TPSA) is 61.3 Å². The minimum atomic E-state index is 0.204. The molecule has 0 aliphatic heterocycles. The SMILES string of the molecule is CCN(CCCO)c1cncc(NC)n1. The lowest BCUT2D eigenvalue weighted by atomic mass is 10.4. The van der Waals surface area contributed by atoms with Gasteiger partial charge in [0.05, 0.1) is 12.4 Å². The third-order valence-corrected chi connectivity index (χ3v) is 2.17. The molecule has 0 radical (unpaired) electrons. The summed E-state index contributed by atoms with van der Waals surface area (Å²) >= 11 is 0. The largest absolute Gasteiger partial charge is 0.396 e. The molecule has 5 heteroatoms. The lowest BCUT2D eigenvalue weighted by Gasteiger charge is -2.21. The Morgan fingerprint density at radius 2 is 2.27 bits per heavy atom. The molecular weight excluding hydrogens is 192 g/mol. The van der Waals surface area contributed by atoms with E-state index in [9.17, 15) is 0 Å². The summed E-state index contributed by atoms with van der Waals surface area (Å²) in [7, 11) is 1.82. The van der Waals surface area contributed by atoms with Gasteiger partial charge in [0.1, 0.15) is 11.6 Å². The molecule has 0 atom stereocenters. The number of aliphatic hydroxyl groups is 1. The van der Waals surface area contributed by atoms with Crippen LogP contribution >= 0.6 is 0 Å². The van der Waals surface area contributed by atoms with Crippen LogP contribution in [0.1, 0.15) is 13.3 Å². The van der Waals surface area contributed by atoms with Gasteiger partial charge in [0.25, 0.3) is 0 Å². The molecule has 0 aliphatic carbocycles. The zero-order chi connectivity index (χ0) is 11.1. The van der Waals surface area contributed by atoms with Gasteiger partial charge in [-0.15, -0.1) is 0 Å². The first-order valence-corrected chi connectivity index (χ1v) is 5.17. The van der Waals surface area contributed by atoms with Crippen LogP contribution in [0, 0.1) is 0 Å². The monoisotopic (exact) mass is 210 g/mol. The van der Waals surface area contributed by atoms with Gasteiger partial charge >= 0.3 is 0 Å². The van der Waals surface area contributed by atoms with Crippen LogP contribution in [0.4, 0.5) is 11.6 Å². The normalized spacial score (nSPS) is 10.1. The number of rotatable bonds is 6. The molecule has 0 fully saturated rings. The van der Waals surface area contributed by atoms with Gasteiger partial charge in [-0.3, -0.25) is 4.98 Å². The van der Waals surface area contributed by atoms with Crippen LogP contribution in [0.5, 0.6) is 0 Å². The first-order valence-electron chi connectivity index (χ1n) is 5.17. The number of nitrogens with zero attached hydrogens (tertiary/aromatic N) is 3. The van der Waals surface area contributed by atoms with Crippen LogP contribution in [-0.4, -0.2) is 41.8 Å². The summed E-state index contributed by atoms with van der Waals surface area (Å²) in [5.74, 6) is 1.60.